The molecule has 3 rings (SSSR count). The Morgan fingerprint density at radius 1 is 1.04 bits per heavy atom. The third kappa shape index (κ3) is 4.62. The molecule has 1 aliphatic heterocycles. The highest BCUT2D eigenvalue weighted by Gasteiger charge is 2.27. The minimum absolute atomic E-state index is 0.222. The Labute approximate surface area is 150 Å². The van der Waals surface area contributed by atoms with Crippen LogP contribution in [0.2, 0.25) is 0 Å². The molecule has 0 N–H and O–H groups in total. The van der Waals surface area contributed by atoms with Crippen LogP contribution < -0.4 is 0 Å². The zero-order valence-corrected chi connectivity index (χ0v) is 15.2. The van der Waals surface area contributed by atoms with E-state index in [0.29, 0.717) is 12.5 Å². The van der Waals surface area contributed by atoms with Crippen LogP contribution in [0.3, 0.4) is 0 Å². The van der Waals surface area contributed by atoms with Gasteiger partial charge < -0.3 is 9.64 Å². The second kappa shape index (κ2) is 7.30. The molecule has 1 fully saturated rings. The summed E-state index contributed by atoms with van der Waals surface area (Å²) in [5.74, 6) is 0.377. The Balaban J connectivity index is 1.65. The summed E-state index contributed by atoms with van der Waals surface area (Å²) in [5.41, 5.74) is 3.33. The van der Waals surface area contributed by atoms with E-state index in [9.17, 15) is 4.79 Å². The third-order valence-electron chi connectivity index (χ3n) is 4.39. The summed E-state index contributed by atoms with van der Waals surface area (Å²) in [6, 6.07) is 19.1. The number of piperidine rings is 1. The Bertz CT molecular complexity index is 710. The second-order valence-electron chi connectivity index (χ2n) is 7.55. The first kappa shape index (κ1) is 17.5. The maximum absolute atomic E-state index is 12.2. The molecule has 2 aromatic carbocycles. The summed E-state index contributed by atoms with van der Waals surface area (Å²) in [4.78, 5) is 14.0. The third-order valence-corrected chi connectivity index (χ3v) is 4.39. The van der Waals surface area contributed by atoms with Crippen molar-refractivity contribution in [2.24, 2.45) is 0 Å². The number of likely N-dealkylation sites (tertiary alicyclic amines) is 1. The van der Waals surface area contributed by atoms with E-state index in [1.54, 1.807) is 4.90 Å². The number of carbonyl (C=O) groups is 1. The van der Waals surface area contributed by atoms with Crippen molar-refractivity contribution in [1.29, 1.82) is 0 Å². The molecule has 3 heteroatoms. The summed E-state index contributed by atoms with van der Waals surface area (Å²) in [6.45, 7) is 7.06. The zero-order valence-electron chi connectivity index (χ0n) is 15.2. The fraction of sp³-hybridized carbons (Fsp3) is 0.364. The van der Waals surface area contributed by atoms with Crippen molar-refractivity contribution in [2.45, 2.75) is 38.7 Å². The van der Waals surface area contributed by atoms with Gasteiger partial charge in [0.1, 0.15) is 5.60 Å². The summed E-state index contributed by atoms with van der Waals surface area (Å²) < 4.78 is 5.46. The monoisotopic (exact) mass is 336 g/mol. The summed E-state index contributed by atoms with van der Waals surface area (Å²) in [5, 5.41) is 0. The molecule has 2 aromatic rings. The van der Waals surface area contributed by atoms with Crippen LogP contribution in [-0.4, -0.2) is 29.7 Å². The zero-order chi connectivity index (χ0) is 17.9. The SMILES string of the molecule is CC(C)(C)OC(=O)N1C[CH][C@@H](c2cccc(-c3ccccc3)c2)CC1. The van der Waals surface area contributed by atoms with Crippen molar-refractivity contribution < 1.29 is 9.53 Å². The Kier molecular flexibility index (Phi) is 5.12. The van der Waals surface area contributed by atoms with Crippen LogP contribution in [0.1, 0.15) is 38.7 Å². The predicted octanol–water partition coefficient (Wildman–Crippen LogP) is 5.28. The lowest BCUT2D eigenvalue weighted by atomic mass is 9.88. The lowest BCUT2D eigenvalue weighted by Crippen LogP contribution is -2.41. The van der Waals surface area contributed by atoms with E-state index in [4.69, 9.17) is 4.74 Å². The molecule has 25 heavy (non-hydrogen) atoms. The van der Waals surface area contributed by atoms with Crippen LogP contribution in [0.15, 0.2) is 54.6 Å². The van der Waals surface area contributed by atoms with Crippen LogP contribution in [0.4, 0.5) is 4.79 Å². The van der Waals surface area contributed by atoms with Crippen molar-refractivity contribution >= 4 is 6.09 Å². The molecule has 0 aromatic heterocycles. The van der Waals surface area contributed by atoms with E-state index in [1.165, 1.54) is 16.7 Å². The molecule has 3 nitrogen and oxygen atoms in total. The van der Waals surface area contributed by atoms with Gasteiger partial charge in [-0.1, -0.05) is 54.6 Å². The van der Waals surface area contributed by atoms with Crippen LogP contribution in [-0.2, 0) is 4.74 Å². The average Bonchev–Trinajstić information content (AvgIpc) is 2.61. The Morgan fingerprint density at radius 2 is 1.76 bits per heavy atom. The number of amides is 1. The molecule has 1 heterocycles. The second-order valence-corrected chi connectivity index (χ2v) is 7.55. The van der Waals surface area contributed by atoms with Gasteiger partial charge in [0.25, 0.3) is 0 Å². The lowest BCUT2D eigenvalue weighted by Gasteiger charge is -2.33. The minimum atomic E-state index is -0.446. The quantitative estimate of drug-likeness (QED) is 0.746. The summed E-state index contributed by atoms with van der Waals surface area (Å²) in [7, 11) is 0. The largest absolute Gasteiger partial charge is 0.444 e. The normalized spacial score (nSPS) is 15.9. The molecular formula is C22H26NO2. The standard InChI is InChI=1S/C22H26NO2/c1-22(2,3)25-21(24)23-14-12-18(13-15-23)20-11-7-10-19(16-20)17-8-5-4-6-9-17/h4-12,16,18H,13-15H2,1-3H3/t18-/m1/s1. The van der Waals surface area contributed by atoms with Gasteiger partial charge in [-0.3, -0.25) is 0 Å². The minimum Gasteiger partial charge on any atom is -0.444 e. The average molecular weight is 336 g/mol. The molecule has 1 atom stereocenters. The first-order chi connectivity index (χ1) is 11.9. The van der Waals surface area contributed by atoms with Crippen LogP contribution >= 0.6 is 0 Å². The molecule has 0 unspecified atom stereocenters. The topological polar surface area (TPSA) is 29.5 Å². The molecule has 0 aliphatic carbocycles. The molecule has 0 bridgehead atoms. The number of hydrogen-bond donors (Lipinski definition) is 0. The van der Waals surface area contributed by atoms with Gasteiger partial charge in [-0.05, 0) is 56.2 Å². The molecule has 1 amide bonds. The predicted molar refractivity (Wildman–Crippen MR) is 101 cm³/mol. The van der Waals surface area contributed by atoms with Gasteiger partial charge in [-0.25, -0.2) is 4.79 Å². The number of hydrogen-bond acceptors (Lipinski definition) is 2. The van der Waals surface area contributed by atoms with Crippen LogP contribution in [0.5, 0.6) is 0 Å². The highest BCUT2D eigenvalue weighted by Crippen LogP contribution is 2.30. The van der Waals surface area contributed by atoms with Gasteiger partial charge in [0, 0.05) is 13.1 Å². The summed E-state index contributed by atoms with van der Waals surface area (Å²) in [6.07, 6.45) is 2.93. The lowest BCUT2D eigenvalue weighted by molar-refractivity contribution is 0.0237. The van der Waals surface area contributed by atoms with Crippen LogP contribution in [0, 0.1) is 6.42 Å². The Hall–Kier alpha value is -2.29. The molecule has 131 valence electrons. The van der Waals surface area contributed by atoms with Gasteiger partial charge in [0.2, 0.25) is 0 Å². The van der Waals surface area contributed by atoms with E-state index >= 15 is 0 Å². The number of nitrogens with zero attached hydrogens (tertiary/aromatic N) is 1. The summed E-state index contributed by atoms with van der Waals surface area (Å²) >= 11 is 0. The number of carbonyl (C=O) groups excluding carboxylic acids is 1. The maximum atomic E-state index is 12.2. The molecule has 1 aliphatic rings. The molecular weight excluding hydrogens is 310 g/mol. The first-order valence-electron chi connectivity index (χ1n) is 8.89. The van der Waals surface area contributed by atoms with Crippen molar-refractivity contribution in [2.75, 3.05) is 13.1 Å². The van der Waals surface area contributed by atoms with Crippen molar-refractivity contribution in [3.63, 3.8) is 0 Å². The van der Waals surface area contributed by atoms with Crippen molar-refractivity contribution in [3.05, 3.63) is 66.6 Å². The van der Waals surface area contributed by atoms with Gasteiger partial charge in [-0.15, -0.1) is 0 Å². The van der Waals surface area contributed by atoms with E-state index in [0.717, 1.165) is 13.0 Å². The van der Waals surface area contributed by atoms with Crippen LogP contribution in [0.25, 0.3) is 11.1 Å². The molecule has 1 radical (unpaired) electrons. The van der Waals surface area contributed by atoms with Crippen molar-refractivity contribution in [1.82, 2.24) is 4.90 Å². The highest BCUT2D eigenvalue weighted by molar-refractivity contribution is 5.68. The Morgan fingerprint density at radius 3 is 2.40 bits per heavy atom. The maximum Gasteiger partial charge on any atom is 0.410 e. The number of ether oxygens (including phenoxy) is 1. The highest BCUT2D eigenvalue weighted by atomic mass is 16.6. The van der Waals surface area contributed by atoms with Gasteiger partial charge >= 0.3 is 6.09 Å². The fourth-order valence-corrected chi connectivity index (χ4v) is 3.13. The smallest absolute Gasteiger partial charge is 0.410 e. The van der Waals surface area contributed by atoms with Gasteiger partial charge in [0.05, 0.1) is 0 Å². The van der Waals surface area contributed by atoms with Gasteiger partial charge in [0.15, 0.2) is 0 Å². The van der Waals surface area contributed by atoms with E-state index in [1.807, 2.05) is 26.8 Å². The van der Waals surface area contributed by atoms with E-state index < -0.39 is 5.60 Å². The number of rotatable bonds is 2. The molecule has 0 saturated carbocycles. The number of benzene rings is 2. The van der Waals surface area contributed by atoms with E-state index in [2.05, 4.69) is 55.0 Å². The van der Waals surface area contributed by atoms with Gasteiger partial charge in [-0.2, -0.15) is 0 Å². The fourth-order valence-electron chi connectivity index (χ4n) is 3.13. The van der Waals surface area contributed by atoms with E-state index in [-0.39, 0.29) is 6.09 Å². The molecule has 0 spiro atoms. The first-order valence-corrected chi connectivity index (χ1v) is 8.89. The van der Waals surface area contributed by atoms with Crippen molar-refractivity contribution in [3.8, 4) is 11.1 Å². The molecule has 1 saturated heterocycles.